The van der Waals surface area contributed by atoms with E-state index in [1.54, 1.807) is 35.9 Å². The van der Waals surface area contributed by atoms with Crippen molar-refractivity contribution in [3.8, 4) is 0 Å². The number of hydrogen-bond acceptors (Lipinski definition) is 6. The second-order valence-corrected chi connectivity index (χ2v) is 6.69. The summed E-state index contributed by atoms with van der Waals surface area (Å²) < 4.78 is 23.1. The Morgan fingerprint density at radius 3 is 2.83 bits per heavy atom. The average molecular weight is 283 g/mol. The standard InChI is InChI=1S/C11H13N3O2S2/c1-18(15,16)9-3-2-5-13-11(9)14-6-4-10-12-7-8-17-10/h2-3,5,7-8H,4,6H2,1H3,(H,13,14). The fourth-order valence-electron chi connectivity index (χ4n) is 1.49. The van der Waals surface area contributed by atoms with Crippen molar-refractivity contribution in [2.75, 3.05) is 18.1 Å². The molecule has 2 heterocycles. The summed E-state index contributed by atoms with van der Waals surface area (Å²) in [6.07, 6.45) is 5.25. The molecule has 0 fully saturated rings. The second kappa shape index (κ2) is 5.45. The fourth-order valence-corrected chi connectivity index (χ4v) is 2.91. The van der Waals surface area contributed by atoms with Gasteiger partial charge in [0, 0.05) is 37.0 Å². The van der Waals surface area contributed by atoms with Gasteiger partial charge in [0.15, 0.2) is 9.84 Å². The van der Waals surface area contributed by atoms with E-state index in [-0.39, 0.29) is 4.90 Å². The molecule has 0 aromatic carbocycles. The van der Waals surface area contributed by atoms with Gasteiger partial charge >= 0.3 is 0 Å². The first-order valence-electron chi connectivity index (χ1n) is 5.34. The van der Waals surface area contributed by atoms with Crippen LogP contribution in [0.25, 0.3) is 0 Å². The molecule has 5 nitrogen and oxygen atoms in total. The van der Waals surface area contributed by atoms with Gasteiger partial charge in [-0.3, -0.25) is 0 Å². The van der Waals surface area contributed by atoms with Gasteiger partial charge in [-0.05, 0) is 12.1 Å². The minimum absolute atomic E-state index is 0.226. The molecule has 0 unspecified atom stereocenters. The molecule has 2 aromatic rings. The lowest BCUT2D eigenvalue weighted by molar-refractivity contribution is 0.602. The molecule has 2 rings (SSSR count). The highest BCUT2D eigenvalue weighted by Gasteiger charge is 2.13. The van der Waals surface area contributed by atoms with Crippen LogP contribution in [0.5, 0.6) is 0 Å². The predicted octanol–water partition coefficient (Wildman–Crippen LogP) is 1.60. The Morgan fingerprint density at radius 1 is 1.33 bits per heavy atom. The Balaban J connectivity index is 2.06. The van der Waals surface area contributed by atoms with Crippen LogP contribution in [0.4, 0.5) is 5.82 Å². The minimum Gasteiger partial charge on any atom is -0.369 e. The third-order valence-electron chi connectivity index (χ3n) is 2.28. The van der Waals surface area contributed by atoms with Gasteiger partial charge in [0.2, 0.25) is 0 Å². The van der Waals surface area contributed by atoms with Crippen LogP contribution in [0.15, 0.2) is 34.8 Å². The van der Waals surface area contributed by atoms with Crippen LogP contribution in [0.1, 0.15) is 5.01 Å². The van der Waals surface area contributed by atoms with Gasteiger partial charge in [0.25, 0.3) is 0 Å². The molecule has 0 saturated carbocycles. The molecule has 96 valence electrons. The van der Waals surface area contributed by atoms with Gasteiger partial charge in [0.1, 0.15) is 10.7 Å². The van der Waals surface area contributed by atoms with E-state index >= 15 is 0 Å². The van der Waals surface area contributed by atoms with Crippen molar-refractivity contribution in [2.24, 2.45) is 0 Å². The summed E-state index contributed by atoms with van der Waals surface area (Å²) in [5.74, 6) is 0.400. The summed E-state index contributed by atoms with van der Waals surface area (Å²) in [5, 5.41) is 5.96. The number of nitrogens with zero attached hydrogens (tertiary/aromatic N) is 2. The first-order valence-corrected chi connectivity index (χ1v) is 8.12. The molecule has 1 N–H and O–H groups in total. The highest BCUT2D eigenvalue weighted by Crippen LogP contribution is 2.17. The first kappa shape index (κ1) is 13.0. The third-order valence-corrected chi connectivity index (χ3v) is 4.25. The Labute approximate surface area is 110 Å². The SMILES string of the molecule is CS(=O)(=O)c1cccnc1NCCc1nccs1. The lowest BCUT2D eigenvalue weighted by atomic mass is 10.4. The van der Waals surface area contributed by atoms with Crippen LogP contribution in [0, 0.1) is 0 Å². The minimum atomic E-state index is -3.26. The van der Waals surface area contributed by atoms with E-state index in [0.717, 1.165) is 11.4 Å². The molecule has 2 aromatic heterocycles. The van der Waals surface area contributed by atoms with Crippen molar-refractivity contribution in [3.63, 3.8) is 0 Å². The number of pyridine rings is 1. The highest BCUT2D eigenvalue weighted by molar-refractivity contribution is 7.90. The normalized spacial score (nSPS) is 11.4. The van der Waals surface area contributed by atoms with E-state index in [1.807, 2.05) is 5.38 Å². The molecule has 0 radical (unpaired) electrons. The van der Waals surface area contributed by atoms with Gasteiger partial charge in [0.05, 0.1) is 5.01 Å². The Morgan fingerprint density at radius 2 is 2.17 bits per heavy atom. The summed E-state index contributed by atoms with van der Waals surface area (Å²) in [6, 6.07) is 3.16. The average Bonchev–Trinajstić information content (AvgIpc) is 2.81. The van der Waals surface area contributed by atoms with Gasteiger partial charge in [-0.25, -0.2) is 18.4 Å². The van der Waals surface area contributed by atoms with Gasteiger partial charge in [-0.15, -0.1) is 11.3 Å². The van der Waals surface area contributed by atoms with Gasteiger partial charge < -0.3 is 5.32 Å². The maximum atomic E-state index is 11.6. The zero-order valence-corrected chi connectivity index (χ0v) is 11.5. The van der Waals surface area contributed by atoms with Gasteiger partial charge in [-0.2, -0.15) is 0 Å². The Hall–Kier alpha value is -1.47. The van der Waals surface area contributed by atoms with Crippen molar-refractivity contribution >= 4 is 27.0 Å². The second-order valence-electron chi connectivity index (χ2n) is 3.72. The van der Waals surface area contributed by atoms with Crippen molar-refractivity contribution < 1.29 is 8.42 Å². The summed E-state index contributed by atoms with van der Waals surface area (Å²) >= 11 is 1.58. The highest BCUT2D eigenvalue weighted by atomic mass is 32.2. The molecule has 0 bridgehead atoms. The Bertz CT molecular complexity index is 609. The lowest BCUT2D eigenvalue weighted by Gasteiger charge is -2.08. The molecular formula is C11H13N3O2S2. The van der Waals surface area contributed by atoms with E-state index in [4.69, 9.17) is 0 Å². The van der Waals surface area contributed by atoms with E-state index in [0.29, 0.717) is 12.4 Å². The van der Waals surface area contributed by atoms with E-state index < -0.39 is 9.84 Å². The fraction of sp³-hybridized carbons (Fsp3) is 0.273. The molecule has 7 heteroatoms. The Kier molecular flexibility index (Phi) is 3.93. The van der Waals surface area contributed by atoms with Crippen molar-refractivity contribution in [3.05, 3.63) is 34.9 Å². The zero-order valence-electron chi connectivity index (χ0n) is 9.83. The van der Waals surface area contributed by atoms with Crippen molar-refractivity contribution in [1.29, 1.82) is 0 Å². The van der Waals surface area contributed by atoms with Crippen molar-refractivity contribution in [2.45, 2.75) is 11.3 Å². The summed E-state index contributed by atoms with van der Waals surface area (Å²) in [7, 11) is -3.26. The monoisotopic (exact) mass is 283 g/mol. The van der Waals surface area contributed by atoms with Crippen LogP contribution in [0.3, 0.4) is 0 Å². The first-order chi connectivity index (χ1) is 8.57. The molecule has 0 saturated heterocycles. The quantitative estimate of drug-likeness (QED) is 0.902. The van der Waals surface area contributed by atoms with Gasteiger partial charge in [-0.1, -0.05) is 0 Å². The molecule has 0 aliphatic rings. The van der Waals surface area contributed by atoms with Crippen LogP contribution >= 0.6 is 11.3 Å². The maximum absolute atomic E-state index is 11.6. The number of nitrogens with one attached hydrogen (secondary N) is 1. The van der Waals surface area contributed by atoms with E-state index in [9.17, 15) is 8.42 Å². The molecule has 0 atom stereocenters. The molecule has 18 heavy (non-hydrogen) atoms. The summed E-state index contributed by atoms with van der Waals surface area (Å²) in [6.45, 7) is 0.604. The summed E-state index contributed by atoms with van der Waals surface area (Å²) in [4.78, 5) is 8.44. The van der Waals surface area contributed by atoms with E-state index in [2.05, 4.69) is 15.3 Å². The molecular weight excluding hydrogens is 270 g/mol. The largest absolute Gasteiger partial charge is 0.369 e. The van der Waals surface area contributed by atoms with Crippen LogP contribution in [-0.2, 0) is 16.3 Å². The molecule has 0 spiro atoms. The molecule has 0 aliphatic carbocycles. The lowest BCUT2D eigenvalue weighted by Crippen LogP contribution is -2.10. The maximum Gasteiger partial charge on any atom is 0.179 e. The summed E-state index contributed by atoms with van der Waals surface area (Å²) in [5.41, 5.74) is 0. The number of anilines is 1. The van der Waals surface area contributed by atoms with Crippen LogP contribution < -0.4 is 5.32 Å². The number of hydrogen-bond donors (Lipinski definition) is 1. The van der Waals surface area contributed by atoms with Crippen molar-refractivity contribution in [1.82, 2.24) is 9.97 Å². The molecule has 0 amide bonds. The third kappa shape index (κ3) is 3.27. The van der Waals surface area contributed by atoms with Crippen LogP contribution in [0.2, 0.25) is 0 Å². The zero-order chi connectivity index (χ0) is 13.0. The number of rotatable bonds is 5. The molecule has 0 aliphatic heterocycles. The van der Waals surface area contributed by atoms with E-state index in [1.165, 1.54) is 6.26 Å². The number of thiazole rings is 1. The number of aromatic nitrogens is 2. The smallest absolute Gasteiger partial charge is 0.179 e. The predicted molar refractivity (Wildman–Crippen MR) is 71.7 cm³/mol. The van der Waals surface area contributed by atoms with Crippen LogP contribution in [-0.4, -0.2) is 31.2 Å². The topological polar surface area (TPSA) is 72.0 Å². The number of sulfone groups is 1.